The number of phosphoric acid groups is 1. The molecular weight excluding hydrogens is 1060 g/mol. The van der Waals surface area contributed by atoms with Crippen molar-refractivity contribution in [1.82, 2.24) is 5.32 Å². The molecule has 0 saturated heterocycles. The first-order chi connectivity index (χ1) is 41.0. The molecule has 0 heterocycles. The molecule has 0 spiro atoms. The van der Waals surface area contributed by atoms with Crippen molar-refractivity contribution in [3.05, 3.63) is 24.3 Å². The Bertz CT molecular complexity index is 1420. The van der Waals surface area contributed by atoms with E-state index in [0.29, 0.717) is 17.4 Å². The first kappa shape index (κ1) is 83.0. The molecule has 0 radical (unpaired) electrons. The fraction of sp³-hybridized carbons (Fsp3) is 0.933. The summed E-state index contributed by atoms with van der Waals surface area (Å²) >= 11 is 0. The minimum Gasteiger partial charge on any atom is -0.387 e. The van der Waals surface area contributed by atoms with E-state index in [-0.39, 0.29) is 19.1 Å². The zero-order valence-electron chi connectivity index (χ0n) is 57.4. The molecule has 0 saturated carbocycles. The maximum Gasteiger partial charge on any atom is 0.472 e. The van der Waals surface area contributed by atoms with Gasteiger partial charge in [-0.15, -0.1) is 0 Å². The van der Waals surface area contributed by atoms with Crippen LogP contribution in [0.25, 0.3) is 0 Å². The highest BCUT2D eigenvalue weighted by Crippen LogP contribution is 2.43. The molecule has 1 amide bonds. The molecule has 84 heavy (non-hydrogen) atoms. The number of rotatable bonds is 71. The largest absolute Gasteiger partial charge is 0.472 e. The highest BCUT2D eigenvalue weighted by atomic mass is 31.2. The summed E-state index contributed by atoms with van der Waals surface area (Å²) in [5.41, 5.74) is 0. The summed E-state index contributed by atoms with van der Waals surface area (Å²) in [5, 5.41) is 14.0. The lowest BCUT2D eigenvalue weighted by molar-refractivity contribution is -0.870. The number of nitrogens with zero attached hydrogens (tertiary/aromatic N) is 1. The number of unbranched alkanes of at least 4 members (excludes halogenated alkanes) is 56. The van der Waals surface area contributed by atoms with Crippen LogP contribution in [0, 0.1) is 0 Å². The van der Waals surface area contributed by atoms with Crippen LogP contribution in [0.2, 0.25) is 0 Å². The molecule has 0 fully saturated rings. The third-order valence-corrected chi connectivity index (χ3v) is 18.6. The SMILES string of the molecule is CCCCCCCCCC/C=C\CCCCCCCCCCCCCCCCCCCCCCCCCC(=O)NC(COP(=O)(O)OCC[N+](C)(C)C)C(O)/C=C/CCCCCCCCCCCCCCCCCCCCCCCCCCC. The maximum atomic E-state index is 13.1. The van der Waals surface area contributed by atoms with E-state index in [4.69, 9.17) is 9.05 Å². The number of quaternary nitrogens is 1. The van der Waals surface area contributed by atoms with Crippen molar-refractivity contribution in [3.63, 3.8) is 0 Å². The molecule has 3 N–H and O–H groups in total. The van der Waals surface area contributed by atoms with Crippen molar-refractivity contribution in [3.8, 4) is 0 Å². The lowest BCUT2D eigenvalue weighted by Gasteiger charge is -2.25. The zero-order chi connectivity index (χ0) is 61.2. The van der Waals surface area contributed by atoms with Crippen LogP contribution in [0.1, 0.15) is 399 Å². The van der Waals surface area contributed by atoms with Crippen LogP contribution in [0.15, 0.2) is 24.3 Å². The molecule has 0 aliphatic heterocycles. The third kappa shape index (κ3) is 68.5. The van der Waals surface area contributed by atoms with E-state index >= 15 is 0 Å². The standard InChI is InChI=1S/C75H149N2O6P/c1-6-8-10-12-14-16-18-20-22-24-26-28-30-32-34-35-36-37-38-39-40-41-43-45-47-49-51-53-55-57-59-61-63-65-67-69-75(79)76-73(72-83-84(80,81)82-71-70-77(3,4)5)74(78)68-66-64-62-60-58-56-54-52-50-48-46-44-42-33-31-29-27-25-23-21-19-17-15-13-11-9-7-2/h24,26,66,68,73-74,78H,6-23,25,27-65,67,69-72H2,1-5H3,(H-,76,79,80,81)/p+1/b26-24-,68-66+. The van der Waals surface area contributed by atoms with E-state index in [1.54, 1.807) is 6.08 Å². The Hall–Kier alpha value is -1.02. The highest BCUT2D eigenvalue weighted by molar-refractivity contribution is 7.47. The topological polar surface area (TPSA) is 105 Å². The lowest BCUT2D eigenvalue weighted by Crippen LogP contribution is -2.45. The number of likely N-dealkylation sites (N-methyl/N-ethyl adjacent to an activating group) is 1. The summed E-state index contributed by atoms with van der Waals surface area (Å²) in [7, 11) is 1.60. The van der Waals surface area contributed by atoms with E-state index in [0.717, 1.165) is 32.1 Å². The van der Waals surface area contributed by atoms with Crippen molar-refractivity contribution in [1.29, 1.82) is 0 Å². The van der Waals surface area contributed by atoms with E-state index in [9.17, 15) is 19.4 Å². The molecule has 0 aliphatic carbocycles. The van der Waals surface area contributed by atoms with Gasteiger partial charge in [0.15, 0.2) is 0 Å². The maximum absolute atomic E-state index is 13.1. The van der Waals surface area contributed by atoms with E-state index in [2.05, 4.69) is 31.3 Å². The average Bonchev–Trinajstić information content (AvgIpc) is 3.56. The predicted octanol–water partition coefficient (Wildman–Crippen LogP) is 24.2. The number of amides is 1. The van der Waals surface area contributed by atoms with E-state index in [1.807, 2.05) is 27.2 Å². The van der Waals surface area contributed by atoms with Crippen molar-refractivity contribution >= 4 is 13.7 Å². The average molecular weight is 1210 g/mol. The predicted molar refractivity (Wildman–Crippen MR) is 369 cm³/mol. The Balaban J connectivity index is 3.97. The van der Waals surface area contributed by atoms with Gasteiger partial charge in [-0.1, -0.05) is 372 Å². The summed E-state index contributed by atoms with van der Waals surface area (Å²) < 4.78 is 23.9. The van der Waals surface area contributed by atoms with Crippen LogP contribution < -0.4 is 5.32 Å². The second-order valence-electron chi connectivity index (χ2n) is 27.4. The van der Waals surface area contributed by atoms with Gasteiger partial charge in [0, 0.05) is 6.42 Å². The van der Waals surface area contributed by atoms with Gasteiger partial charge in [-0.3, -0.25) is 13.8 Å². The minimum atomic E-state index is -4.35. The van der Waals surface area contributed by atoms with Crippen LogP contribution in [0.3, 0.4) is 0 Å². The Kier molecular flexibility index (Phi) is 65.6. The van der Waals surface area contributed by atoms with Gasteiger partial charge in [0.05, 0.1) is 39.9 Å². The molecule has 0 aromatic carbocycles. The Morgan fingerprint density at radius 3 is 0.917 bits per heavy atom. The number of carbonyl (C=O) groups excluding carboxylic acids is 1. The van der Waals surface area contributed by atoms with E-state index < -0.39 is 20.0 Å². The molecule has 8 nitrogen and oxygen atoms in total. The van der Waals surface area contributed by atoms with Crippen LogP contribution >= 0.6 is 7.82 Å². The van der Waals surface area contributed by atoms with Gasteiger partial charge in [-0.2, -0.15) is 0 Å². The van der Waals surface area contributed by atoms with Crippen LogP contribution in [0.4, 0.5) is 0 Å². The second kappa shape index (κ2) is 66.4. The lowest BCUT2D eigenvalue weighted by atomic mass is 10.0. The normalized spacial score (nSPS) is 13.7. The molecule has 3 atom stereocenters. The molecule has 0 aliphatic rings. The number of hydrogen-bond donors (Lipinski definition) is 3. The summed E-state index contributed by atoms with van der Waals surface area (Å²) in [5.74, 6) is -0.167. The van der Waals surface area contributed by atoms with Gasteiger partial charge >= 0.3 is 7.82 Å². The van der Waals surface area contributed by atoms with Gasteiger partial charge in [-0.05, 0) is 44.9 Å². The monoisotopic (exact) mass is 1210 g/mol. The van der Waals surface area contributed by atoms with Gasteiger partial charge in [0.25, 0.3) is 0 Å². The zero-order valence-corrected chi connectivity index (χ0v) is 58.3. The van der Waals surface area contributed by atoms with Gasteiger partial charge in [0.1, 0.15) is 13.2 Å². The van der Waals surface area contributed by atoms with Crippen LogP contribution in [-0.2, 0) is 18.4 Å². The van der Waals surface area contributed by atoms with Crippen molar-refractivity contribution in [2.75, 3.05) is 40.9 Å². The molecule has 3 unspecified atom stereocenters. The Morgan fingerprint density at radius 1 is 0.393 bits per heavy atom. The first-order valence-corrected chi connectivity index (χ1v) is 39.2. The van der Waals surface area contributed by atoms with Gasteiger partial charge in [0.2, 0.25) is 5.91 Å². The molecule has 9 heteroatoms. The third-order valence-electron chi connectivity index (χ3n) is 17.7. The summed E-state index contributed by atoms with van der Waals surface area (Å²) in [6.07, 6.45) is 87.8. The van der Waals surface area contributed by atoms with Gasteiger partial charge < -0.3 is 19.8 Å². The fourth-order valence-electron chi connectivity index (χ4n) is 11.8. The molecule has 0 aromatic heterocycles. The number of allylic oxidation sites excluding steroid dienone is 3. The van der Waals surface area contributed by atoms with Crippen LogP contribution in [0.5, 0.6) is 0 Å². The van der Waals surface area contributed by atoms with Crippen molar-refractivity contribution in [2.24, 2.45) is 0 Å². The first-order valence-electron chi connectivity index (χ1n) is 37.7. The van der Waals surface area contributed by atoms with Gasteiger partial charge in [-0.25, -0.2) is 4.57 Å². The molecular formula is C75H150N2O6P+. The highest BCUT2D eigenvalue weighted by Gasteiger charge is 2.28. The smallest absolute Gasteiger partial charge is 0.387 e. The number of nitrogens with one attached hydrogen (secondary N) is 1. The molecule has 0 bridgehead atoms. The second-order valence-corrected chi connectivity index (χ2v) is 28.8. The fourth-order valence-corrected chi connectivity index (χ4v) is 12.5. The van der Waals surface area contributed by atoms with Crippen molar-refractivity contribution in [2.45, 2.75) is 411 Å². The van der Waals surface area contributed by atoms with Crippen molar-refractivity contribution < 1.29 is 32.9 Å². The summed E-state index contributed by atoms with van der Waals surface area (Å²) in [4.78, 5) is 23.5. The summed E-state index contributed by atoms with van der Waals surface area (Å²) in [6, 6.07) is -0.845. The Morgan fingerprint density at radius 2 is 0.643 bits per heavy atom. The molecule has 0 aromatic rings. The molecule has 500 valence electrons. The number of hydrogen-bond acceptors (Lipinski definition) is 5. The number of aliphatic hydroxyl groups excluding tert-OH is 1. The summed E-state index contributed by atoms with van der Waals surface area (Å²) in [6.45, 7) is 4.89. The number of carbonyl (C=O) groups is 1. The number of aliphatic hydroxyl groups is 1. The molecule has 0 rings (SSSR count). The van der Waals surface area contributed by atoms with Crippen LogP contribution in [-0.4, -0.2) is 73.4 Å². The Labute approximate surface area is 525 Å². The number of phosphoric ester groups is 1. The quantitative estimate of drug-likeness (QED) is 0.0243. The van der Waals surface area contributed by atoms with E-state index in [1.165, 1.54) is 347 Å². The minimum absolute atomic E-state index is 0.0648.